The van der Waals surface area contributed by atoms with E-state index in [0.29, 0.717) is 32.1 Å². The quantitative estimate of drug-likeness (QED) is 0.469. The molecule has 0 bridgehead atoms. The Kier molecular flexibility index (Phi) is 5.71. The van der Waals surface area contributed by atoms with Crippen LogP contribution in [-0.4, -0.2) is 41.1 Å². The van der Waals surface area contributed by atoms with Gasteiger partial charge in [-0.15, -0.1) is 11.3 Å². The number of amides is 1. The van der Waals surface area contributed by atoms with Crippen LogP contribution in [-0.2, 0) is 6.54 Å². The number of carbonyl (C=O) groups excluding carboxylic acids is 1. The lowest BCUT2D eigenvalue weighted by Gasteiger charge is -2.13. The number of rotatable bonds is 5. The number of hydrogen-bond donors (Lipinski definition) is 0. The zero-order valence-corrected chi connectivity index (χ0v) is 19.1. The van der Waals surface area contributed by atoms with Crippen molar-refractivity contribution in [3.8, 4) is 11.4 Å². The maximum absolute atomic E-state index is 13.6. The topological polar surface area (TPSA) is 73.5 Å². The highest BCUT2D eigenvalue weighted by Crippen LogP contribution is 2.29. The number of aryl methyl sites for hydroxylation is 1. The summed E-state index contributed by atoms with van der Waals surface area (Å²) in [6, 6.07) is 16.4. The highest BCUT2D eigenvalue weighted by atomic mass is 32.1. The lowest BCUT2D eigenvalue weighted by molar-refractivity contribution is 0.0831. The molecule has 0 atom stereocenters. The summed E-state index contributed by atoms with van der Waals surface area (Å²) in [6.07, 6.45) is 0. The number of nitrogens with zero attached hydrogens (tertiary/aromatic N) is 3. The molecule has 0 spiro atoms. The van der Waals surface area contributed by atoms with Gasteiger partial charge in [-0.2, -0.15) is 0 Å². The van der Waals surface area contributed by atoms with Crippen molar-refractivity contribution in [2.75, 3.05) is 21.2 Å². The second kappa shape index (κ2) is 8.47. The fourth-order valence-electron chi connectivity index (χ4n) is 3.64. The first-order chi connectivity index (χ1) is 15.3. The number of methoxy groups -OCH3 is 1. The molecule has 0 aliphatic rings. The number of benzene rings is 2. The number of aromatic nitrogens is 2. The van der Waals surface area contributed by atoms with Crippen molar-refractivity contribution in [3.63, 3.8) is 0 Å². The first kappa shape index (κ1) is 21.6. The molecule has 4 rings (SSSR count). The summed E-state index contributed by atoms with van der Waals surface area (Å²) in [5.74, 6) is 0.337. The third-order valence-corrected chi connectivity index (χ3v) is 6.61. The standard InChI is InChI=1S/C24H23N3O4S/c1-15-19-21(28)27(17-11-8-12-18(13-17)31-4)24(30)26(14-16-9-6-5-7-10-16)23(19)32-20(15)22(29)25(2)3/h5-13H,14H2,1-4H3. The first-order valence-corrected chi connectivity index (χ1v) is 10.8. The van der Waals surface area contributed by atoms with Gasteiger partial charge in [0.1, 0.15) is 10.6 Å². The Hall–Kier alpha value is -3.65. The monoisotopic (exact) mass is 449 g/mol. The van der Waals surface area contributed by atoms with Crippen molar-refractivity contribution >= 4 is 27.5 Å². The van der Waals surface area contributed by atoms with Gasteiger partial charge in [0.15, 0.2) is 0 Å². The van der Waals surface area contributed by atoms with E-state index >= 15 is 0 Å². The minimum atomic E-state index is -0.468. The van der Waals surface area contributed by atoms with Crippen LogP contribution in [0.5, 0.6) is 5.75 Å². The van der Waals surface area contributed by atoms with Crippen molar-refractivity contribution in [3.05, 3.63) is 91.4 Å². The van der Waals surface area contributed by atoms with Gasteiger partial charge < -0.3 is 9.64 Å². The van der Waals surface area contributed by atoms with Gasteiger partial charge in [-0.05, 0) is 30.2 Å². The molecule has 2 aromatic carbocycles. The second-order valence-electron chi connectivity index (χ2n) is 7.63. The normalized spacial score (nSPS) is 11.0. The van der Waals surface area contributed by atoms with Crippen LogP contribution in [0.4, 0.5) is 0 Å². The average Bonchev–Trinajstić information content (AvgIpc) is 3.14. The summed E-state index contributed by atoms with van der Waals surface area (Å²) in [7, 11) is 4.86. The van der Waals surface area contributed by atoms with Crippen LogP contribution >= 0.6 is 11.3 Å². The first-order valence-electron chi connectivity index (χ1n) is 10.0. The smallest absolute Gasteiger partial charge is 0.337 e. The lowest BCUT2D eigenvalue weighted by atomic mass is 10.2. The van der Waals surface area contributed by atoms with E-state index in [1.807, 2.05) is 30.3 Å². The molecule has 2 aromatic heterocycles. The molecular weight excluding hydrogens is 426 g/mol. The van der Waals surface area contributed by atoms with Crippen LogP contribution in [0.15, 0.2) is 64.2 Å². The Morgan fingerprint density at radius 3 is 2.44 bits per heavy atom. The van der Waals surface area contributed by atoms with Crippen LogP contribution < -0.4 is 16.0 Å². The Morgan fingerprint density at radius 2 is 1.78 bits per heavy atom. The van der Waals surface area contributed by atoms with Crippen LogP contribution in [0.3, 0.4) is 0 Å². The second-order valence-corrected chi connectivity index (χ2v) is 8.63. The number of fused-ring (bicyclic) bond motifs is 1. The van der Waals surface area contributed by atoms with Gasteiger partial charge in [0, 0.05) is 20.2 Å². The molecule has 0 N–H and O–H groups in total. The van der Waals surface area contributed by atoms with E-state index in [0.717, 1.165) is 10.1 Å². The van der Waals surface area contributed by atoms with E-state index in [-0.39, 0.29) is 12.5 Å². The summed E-state index contributed by atoms with van der Waals surface area (Å²) < 4.78 is 8.00. The maximum atomic E-state index is 13.6. The molecule has 0 radical (unpaired) electrons. The van der Waals surface area contributed by atoms with E-state index in [2.05, 4.69) is 0 Å². The van der Waals surface area contributed by atoms with Gasteiger partial charge in [0.25, 0.3) is 11.5 Å². The van der Waals surface area contributed by atoms with Crippen molar-refractivity contribution in [2.45, 2.75) is 13.5 Å². The van der Waals surface area contributed by atoms with E-state index in [4.69, 9.17) is 4.74 Å². The molecule has 4 aromatic rings. The fraction of sp³-hybridized carbons (Fsp3) is 0.208. The molecule has 1 amide bonds. The summed E-state index contributed by atoms with van der Waals surface area (Å²) in [4.78, 5) is 42.4. The molecule has 32 heavy (non-hydrogen) atoms. The van der Waals surface area contributed by atoms with E-state index < -0.39 is 11.2 Å². The van der Waals surface area contributed by atoms with E-state index in [1.54, 1.807) is 49.9 Å². The van der Waals surface area contributed by atoms with Crippen molar-refractivity contribution in [1.29, 1.82) is 0 Å². The Bertz CT molecular complexity index is 1430. The molecule has 0 aliphatic carbocycles. The molecule has 8 heteroatoms. The molecule has 0 saturated carbocycles. The number of ether oxygens (including phenoxy) is 1. The minimum absolute atomic E-state index is 0.199. The van der Waals surface area contributed by atoms with Crippen molar-refractivity contribution in [2.24, 2.45) is 0 Å². The van der Waals surface area contributed by atoms with Crippen LogP contribution in [0, 0.1) is 6.92 Å². The van der Waals surface area contributed by atoms with Gasteiger partial charge >= 0.3 is 5.69 Å². The number of carbonyl (C=O) groups is 1. The Balaban J connectivity index is 2.09. The number of hydrogen-bond acceptors (Lipinski definition) is 5. The van der Waals surface area contributed by atoms with Gasteiger partial charge in [0.05, 0.1) is 29.6 Å². The number of thiophene rings is 1. The van der Waals surface area contributed by atoms with Gasteiger partial charge in [-0.3, -0.25) is 14.2 Å². The predicted molar refractivity (Wildman–Crippen MR) is 127 cm³/mol. The summed E-state index contributed by atoms with van der Waals surface area (Å²) >= 11 is 1.18. The Labute approximate surface area is 188 Å². The van der Waals surface area contributed by atoms with E-state index in [9.17, 15) is 14.4 Å². The van der Waals surface area contributed by atoms with Gasteiger partial charge in [-0.1, -0.05) is 36.4 Å². The highest BCUT2D eigenvalue weighted by molar-refractivity contribution is 7.20. The molecule has 0 aliphatic heterocycles. The molecule has 164 valence electrons. The Morgan fingerprint density at radius 1 is 1.06 bits per heavy atom. The minimum Gasteiger partial charge on any atom is -0.497 e. The maximum Gasteiger partial charge on any atom is 0.337 e. The molecule has 7 nitrogen and oxygen atoms in total. The largest absolute Gasteiger partial charge is 0.497 e. The van der Waals surface area contributed by atoms with Gasteiger partial charge in [-0.25, -0.2) is 9.36 Å². The SMILES string of the molecule is COc1cccc(-n2c(=O)c3c(C)c(C(=O)N(C)C)sc3n(Cc3ccccc3)c2=O)c1. The van der Waals surface area contributed by atoms with Crippen LogP contribution in [0.25, 0.3) is 15.9 Å². The van der Waals surface area contributed by atoms with Crippen LogP contribution in [0.1, 0.15) is 20.8 Å². The molecule has 0 saturated heterocycles. The zero-order chi connectivity index (χ0) is 23.0. The average molecular weight is 450 g/mol. The fourth-order valence-corrected chi connectivity index (χ4v) is 4.95. The summed E-state index contributed by atoms with van der Waals surface area (Å²) in [5, 5.41) is 0.374. The third kappa shape index (κ3) is 3.62. The van der Waals surface area contributed by atoms with Crippen molar-refractivity contribution in [1.82, 2.24) is 14.0 Å². The molecule has 2 heterocycles. The summed E-state index contributed by atoms with van der Waals surface area (Å²) in [6.45, 7) is 2.03. The third-order valence-electron chi connectivity index (χ3n) is 5.31. The van der Waals surface area contributed by atoms with Gasteiger partial charge in [0.2, 0.25) is 0 Å². The zero-order valence-electron chi connectivity index (χ0n) is 18.3. The molecule has 0 unspecified atom stereocenters. The molecule has 0 fully saturated rings. The van der Waals surface area contributed by atoms with Crippen molar-refractivity contribution < 1.29 is 9.53 Å². The van der Waals surface area contributed by atoms with Crippen LogP contribution in [0.2, 0.25) is 0 Å². The lowest BCUT2D eigenvalue weighted by Crippen LogP contribution is -2.38. The predicted octanol–water partition coefficient (Wildman–Crippen LogP) is 3.28. The molecular formula is C24H23N3O4S. The summed E-state index contributed by atoms with van der Waals surface area (Å²) in [5.41, 5.74) is 0.985. The van der Waals surface area contributed by atoms with E-state index in [1.165, 1.54) is 23.3 Å². The highest BCUT2D eigenvalue weighted by Gasteiger charge is 2.24.